The van der Waals surface area contributed by atoms with Gasteiger partial charge in [0, 0.05) is 18.8 Å². The molecule has 7 nitrogen and oxygen atoms in total. The second-order valence-electron chi connectivity index (χ2n) is 10.2. The molecular weight excluding hydrogens is 462 g/mol. The van der Waals surface area contributed by atoms with Gasteiger partial charge in [0.1, 0.15) is 11.0 Å². The van der Waals surface area contributed by atoms with E-state index in [4.69, 9.17) is 18.8 Å². The summed E-state index contributed by atoms with van der Waals surface area (Å²) in [7, 11) is 0. The van der Waals surface area contributed by atoms with Crippen molar-refractivity contribution >= 4 is 27.9 Å². The van der Waals surface area contributed by atoms with Crippen molar-refractivity contribution in [2.24, 2.45) is 0 Å². The Kier molecular flexibility index (Phi) is 5.87. The maximum Gasteiger partial charge on any atom is 0.212 e. The number of nitrogens with one attached hydrogen (secondary N) is 2. The molecule has 0 spiro atoms. The number of nitrogens with zero attached hydrogens (tertiary/aromatic N) is 3. The summed E-state index contributed by atoms with van der Waals surface area (Å²) in [6, 6.07) is 23.8. The lowest BCUT2D eigenvalue weighted by atomic mass is 10.1. The third-order valence-electron chi connectivity index (χ3n) is 7.52. The summed E-state index contributed by atoms with van der Waals surface area (Å²) in [6.07, 6.45) is 4.49. The summed E-state index contributed by atoms with van der Waals surface area (Å²) >= 11 is 0. The fraction of sp³-hybridized carbons (Fsp3) is 0.333. The molecule has 37 heavy (non-hydrogen) atoms. The van der Waals surface area contributed by atoms with Crippen LogP contribution in [0.5, 0.6) is 0 Å². The largest absolute Gasteiger partial charge is 0.439 e. The number of para-hydroxylation sites is 1. The first-order valence-electron chi connectivity index (χ1n) is 13.3. The van der Waals surface area contributed by atoms with Crippen LogP contribution in [-0.2, 0) is 13.1 Å². The molecule has 2 unspecified atom stereocenters. The van der Waals surface area contributed by atoms with Gasteiger partial charge in [0.15, 0.2) is 11.2 Å². The Hall–Kier alpha value is -3.68. The maximum atomic E-state index is 6.06. The lowest BCUT2D eigenvalue weighted by Gasteiger charge is -2.25. The maximum absolute atomic E-state index is 6.06. The van der Waals surface area contributed by atoms with Crippen LogP contribution in [0.25, 0.3) is 22.2 Å². The van der Waals surface area contributed by atoms with Gasteiger partial charge in [0.2, 0.25) is 11.8 Å². The summed E-state index contributed by atoms with van der Waals surface area (Å²) in [5.41, 5.74) is 7.12. The first-order chi connectivity index (χ1) is 18.3. The van der Waals surface area contributed by atoms with Gasteiger partial charge in [-0.1, -0.05) is 30.3 Å². The first-order valence-corrected chi connectivity index (χ1v) is 13.3. The molecule has 2 fully saturated rings. The second-order valence-corrected chi connectivity index (χ2v) is 10.2. The van der Waals surface area contributed by atoms with Crippen LogP contribution in [0, 0.1) is 0 Å². The Labute approximate surface area is 215 Å². The minimum atomic E-state index is 0.230. The zero-order chi connectivity index (χ0) is 24.6. The molecule has 0 saturated carbocycles. The Morgan fingerprint density at radius 2 is 1.24 bits per heavy atom. The van der Waals surface area contributed by atoms with Crippen molar-refractivity contribution in [3.63, 3.8) is 0 Å². The molecule has 0 bridgehead atoms. The zero-order valence-corrected chi connectivity index (χ0v) is 20.8. The number of fused-ring (bicyclic) bond motifs is 2. The van der Waals surface area contributed by atoms with Crippen LogP contribution in [0.2, 0.25) is 0 Å². The number of benzene rings is 3. The van der Waals surface area contributed by atoms with Crippen molar-refractivity contribution < 1.29 is 8.83 Å². The van der Waals surface area contributed by atoms with Gasteiger partial charge in [-0.15, -0.1) is 0 Å². The molecule has 2 atom stereocenters. The Morgan fingerprint density at radius 1 is 0.703 bits per heavy atom. The van der Waals surface area contributed by atoms with Crippen molar-refractivity contribution in [3.05, 3.63) is 89.6 Å². The van der Waals surface area contributed by atoms with Crippen LogP contribution in [0.15, 0.2) is 75.6 Å². The van der Waals surface area contributed by atoms with E-state index in [1.54, 1.807) is 0 Å². The highest BCUT2D eigenvalue weighted by molar-refractivity contribution is 5.74. The molecule has 5 aromatic rings. The van der Waals surface area contributed by atoms with E-state index in [1.807, 2.05) is 0 Å². The summed E-state index contributed by atoms with van der Waals surface area (Å²) in [5.74, 6) is 1.61. The number of rotatable bonds is 7. The van der Waals surface area contributed by atoms with E-state index in [0.29, 0.717) is 0 Å². The standard InChI is InChI=1S/C30H31N5O2/c1-2-6-22(7-3-1)35(18-20-10-12-27-25(16-20)33-29(36-27)23-8-4-14-31-23)19-21-11-13-28-26(17-21)34-30(37-28)24-9-5-15-32-24/h1-3,6-7,10-13,16-17,23-24,31-32H,4-5,8-9,14-15,18-19H2. The minimum absolute atomic E-state index is 0.230. The first kappa shape index (κ1) is 22.5. The molecule has 0 aliphatic carbocycles. The van der Waals surface area contributed by atoms with Crippen molar-refractivity contribution in [2.45, 2.75) is 50.9 Å². The molecule has 7 heteroatoms. The van der Waals surface area contributed by atoms with Crippen molar-refractivity contribution in [1.29, 1.82) is 0 Å². The highest BCUT2D eigenvalue weighted by atomic mass is 16.4. The van der Waals surface area contributed by atoms with Gasteiger partial charge in [0.25, 0.3) is 0 Å². The number of anilines is 1. The predicted octanol–water partition coefficient (Wildman–Crippen LogP) is 6.02. The smallest absolute Gasteiger partial charge is 0.212 e. The van der Waals surface area contributed by atoms with Gasteiger partial charge >= 0.3 is 0 Å². The predicted molar refractivity (Wildman–Crippen MR) is 144 cm³/mol. The Morgan fingerprint density at radius 3 is 1.73 bits per heavy atom. The van der Waals surface area contributed by atoms with Crippen LogP contribution in [0.4, 0.5) is 5.69 Å². The highest BCUT2D eigenvalue weighted by Crippen LogP contribution is 2.29. The lowest BCUT2D eigenvalue weighted by molar-refractivity contribution is 0.451. The third-order valence-corrected chi connectivity index (χ3v) is 7.52. The molecular formula is C30H31N5O2. The van der Waals surface area contributed by atoms with Crippen LogP contribution < -0.4 is 15.5 Å². The summed E-state index contributed by atoms with van der Waals surface area (Å²) in [5, 5.41) is 6.96. The third kappa shape index (κ3) is 4.61. The molecule has 4 heterocycles. The highest BCUT2D eigenvalue weighted by Gasteiger charge is 2.23. The van der Waals surface area contributed by atoms with Crippen LogP contribution in [0.1, 0.15) is 60.7 Å². The molecule has 3 aromatic carbocycles. The molecule has 0 radical (unpaired) electrons. The topological polar surface area (TPSA) is 79.4 Å². The summed E-state index contributed by atoms with van der Waals surface area (Å²) < 4.78 is 12.1. The van der Waals surface area contributed by atoms with E-state index in [-0.39, 0.29) is 12.1 Å². The van der Waals surface area contributed by atoms with Gasteiger partial charge in [-0.3, -0.25) is 0 Å². The van der Waals surface area contributed by atoms with Crippen molar-refractivity contribution in [3.8, 4) is 0 Å². The minimum Gasteiger partial charge on any atom is -0.439 e. The summed E-state index contributed by atoms with van der Waals surface area (Å²) in [6.45, 7) is 3.58. The SMILES string of the molecule is c1ccc(N(Cc2ccc3oc(C4CCCN4)nc3c2)Cc2ccc3oc(C4CCCN4)nc3c2)cc1. The lowest BCUT2D eigenvalue weighted by Crippen LogP contribution is -2.22. The van der Waals surface area contributed by atoms with Crippen LogP contribution in [-0.4, -0.2) is 23.1 Å². The van der Waals surface area contributed by atoms with Crippen molar-refractivity contribution in [2.75, 3.05) is 18.0 Å². The molecule has 2 N–H and O–H groups in total. The van der Waals surface area contributed by atoms with Crippen LogP contribution in [0.3, 0.4) is 0 Å². The number of aromatic nitrogens is 2. The molecule has 188 valence electrons. The molecule has 2 aliphatic rings. The molecule has 0 amide bonds. The van der Waals surface area contributed by atoms with Crippen molar-refractivity contribution in [1.82, 2.24) is 20.6 Å². The average molecular weight is 494 g/mol. The number of hydrogen-bond acceptors (Lipinski definition) is 7. The number of hydrogen-bond donors (Lipinski definition) is 2. The monoisotopic (exact) mass is 493 g/mol. The molecule has 7 rings (SSSR count). The molecule has 2 aromatic heterocycles. The second kappa shape index (κ2) is 9.65. The van der Waals surface area contributed by atoms with E-state index in [2.05, 4.69) is 82.3 Å². The Bertz CT molecular complexity index is 1420. The zero-order valence-electron chi connectivity index (χ0n) is 20.8. The quantitative estimate of drug-likeness (QED) is 0.287. The van der Waals surface area contributed by atoms with Crippen LogP contribution >= 0.6 is 0 Å². The summed E-state index contributed by atoms with van der Waals surface area (Å²) in [4.78, 5) is 12.0. The van der Waals surface area contributed by atoms with Gasteiger partial charge in [-0.2, -0.15) is 0 Å². The van der Waals surface area contributed by atoms with E-state index in [1.165, 1.54) is 29.7 Å². The van der Waals surface area contributed by atoms with E-state index in [9.17, 15) is 0 Å². The van der Waals surface area contributed by atoms with Gasteiger partial charge in [0.05, 0.1) is 12.1 Å². The normalized spacial score (nSPS) is 19.8. The van der Waals surface area contributed by atoms with Gasteiger partial charge < -0.3 is 24.4 Å². The fourth-order valence-corrected chi connectivity index (χ4v) is 5.59. The average Bonchev–Trinajstić information content (AvgIpc) is 3.74. The Balaban J connectivity index is 1.16. The van der Waals surface area contributed by atoms with E-state index in [0.717, 1.165) is 73.0 Å². The fourth-order valence-electron chi connectivity index (χ4n) is 5.59. The molecule has 2 aliphatic heterocycles. The van der Waals surface area contributed by atoms with Gasteiger partial charge in [-0.05, 0) is 86.3 Å². The van der Waals surface area contributed by atoms with Gasteiger partial charge in [-0.25, -0.2) is 9.97 Å². The molecule has 2 saturated heterocycles. The van der Waals surface area contributed by atoms with E-state index >= 15 is 0 Å². The van der Waals surface area contributed by atoms with E-state index < -0.39 is 0 Å². The number of oxazole rings is 2.